The van der Waals surface area contributed by atoms with Gasteiger partial charge in [0.15, 0.2) is 0 Å². The van der Waals surface area contributed by atoms with Crippen LogP contribution in [0.15, 0.2) is 10.9 Å². The molecule has 0 aliphatic rings. The highest BCUT2D eigenvalue weighted by Crippen LogP contribution is 2.05. The molecule has 0 bridgehead atoms. The number of rotatable bonds is 4. The van der Waals surface area contributed by atoms with Crippen LogP contribution in [0.5, 0.6) is 0 Å². The number of carbonyl (C=O) groups is 1. The Balaban J connectivity index is 2.43. The molecule has 0 spiro atoms. The SMILES string of the molecule is CCC(C)(N)C(=O)NCc1cscn1. The summed E-state index contributed by atoms with van der Waals surface area (Å²) in [6, 6.07) is 0. The Kier molecular flexibility index (Phi) is 3.60. The van der Waals surface area contributed by atoms with E-state index in [1.54, 1.807) is 12.4 Å². The van der Waals surface area contributed by atoms with E-state index in [0.29, 0.717) is 13.0 Å². The summed E-state index contributed by atoms with van der Waals surface area (Å²) >= 11 is 1.51. The molecule has 4 nitrogen and oxygen atoms in total. The quantitative estimate of drug-likeness (QED) is 0.780. The highest BCUT2D eigenvalue weighted by Gasteiger charge is 2.25. The van der Waals surface area contributed by atoms with Crippen LogP contribution >= 0.6 is 11.3 Å². The molecular formula is C9H15N3OS. The monoisotopic (exact) mass is 213 g/mol. The van der Waals surface area contributed by atoms with Crippen molar-refractivity contribution < 1.29 is 4.79 Å². The van der Waals surface area contributed by atoms with Gasteiger partial charge in [0.1, 0.15) is 0 Å². The Bertz CT molecular complexity index is 295. The molecule has 0 aliphatic carbocycles. The van der Waals surface area contributed by atoms with Crippen LogP contribution in [0.4, 0.5) is 0 Å². The van der Waals surface area contributed by atoms with Crippen molar-refractivity contribution in [2.24, 2.45) is 5.73 Å². The molecule has 1 unspecified atom stereocenters. The fourth-order valence-electron chi connectivity index (χ4n) is 0.858. The largest absolute Gasteiger partial charge is 0.349 e. The highest BCUT2D eigenvalue weighted by molar-refractivity contribution is 7.07. The van der Waals surface area contributed by atoms with Gasteiger partial charge in [-0.3, -0.25) is 4.79 Å². The van der Waals surface area contributed by atoms with Crippen LogP contribution in [0, 0.1) is 0 Å². The molecule has 5 heteroatoms. The van der Waals surface area contributed by atoms with Crippen LogP contribution < -0.4 is 11.1 Å². The van der Waals surface area contributed by atoms with Crippen molar-refractivity contribution in [3.05, 3.63) is 16.6 Å². The van der Waals surface area contributed by atoms with Crippen molar-refractivity contribution in [3.63, 3.8) is 0 Å². The lowest BCUT2D eigenvalue weighted by Gasteiger charge is -2.21. The molecule has 1 amide bonds. The molecule has 1 aromatic rings. The number of aromatic nitrogens is 1. The van der Waals surface area contributed by atoms with E-state index in [4.69, 9.17) is 5.73 Å². The van der Waals surface area contributed by atoms with Gasteiger partial charge in [-0.2, -0.15) is 0 Å². The molecule has 1 aromatic heterocycles. The van der Waals surface area contributed by atoms with E-state index in [9.17, 15) is 4.79 Å². The second-order valence-corrected chi connectivity index (χ2v) is 4.15. The number of hydrogen-bond donors (Lipinski definition) is 2. The Morgan fingerprint density at radius 3 is 3.00 bits per heavy atom. The normalized spacial score (nSPS) is 14.8. The molecule has 3 N–H and O–H groups in total. The summed E-state index contributed by atoms with van der Waals surface area (Å²) < 4.78 is 0. The molecular weight excluding hydrogens is 198 g/mol. The summed E-state index contributed by atoms with van der Waals surface area (Å²) in [5, 5.41) is 4.66. The zero-order valence-corrected chi connectivity index (χ0v) is 9.23. The van der Waals surface area contributed by atoms with Gasteiger partial charge in [0.05, 0.1) is 23.3 Å². The van der Waals surface area contributed by atoms with Gasteiger partial charge in [-0.05, 0) is 13.3 Å². The molecule has 1 heterocycles. The molecule has 0 saturated carbocycles. The maximum absolute atomic E-state index is 11.5. The fraction of sp³-hybridized carbons (Fsp3) is 0.556. The Labute approximate surface area is 87.5 Å². The lowest BCUT2D eigenvalue weighted by molar-refractivity contribution is -0.126. The Morgan fingerprint density at radius 2 is 2.50 bits per heavy atom. The number of nitrogens with two attached hydrogens (primary N) is 1. The van der Waals surface area contributed by atoms with Crippen LogP contribution in [0.2, 0.25) is 0 Å². The van der Waals surface area contributed by atoms with Gasteiger partial charge in [0.2, 0.25) is 5.91 Å². The number of nitrogens with zero attached hydrogens (tertiary/aromatic N) is 1. The third-order valence-electron chi connectivity index (χ3n) is 2.17. The van der Waals surface area contributed by atoms with Crippen molar-refractivity contribution in [1.82, 2.24) is 10.3 Å². The van der Waals surface area contributed by atoms with Crippen molar-refractivity contribution >= 4 is 17.2 Å². The Morgan fingerprint density at radius 1 is 1.79 bits per heavy atom. The summed E-state index contributed by atoms with van der Waals surface area (Å²) in [5.41, 5.74) is 7.60. The third kappa shape index (κ3) is 2.78. The van der Waals surface area contributed by atoms with Crippen LogP contribution in [-0.2, 0) is 11.3 Å². The number of amides is 1. The van der Waals surface area contributed by atoms with Crippen molar-refractivity contribution in [1.29, 1.82) is 0 Å². The number of carbonyl (C=O) groups excluding carboxylic acids is 1. The third-order valence-corrected chi connectivity index (χ3v) is 2.80. The van der Waals surface area contributed by atoms with Crippen LogP contribution in [0.3, 0.4) is 0 Å². The van der Waals surface area contributed by atoms with Gasteiger partial charge in [0, 0.05) is 5.38 Å². The first-order valence-electron chi connectivity index (χ1n) is 4.50. The first kappa shape index (κ1) is 11.1. The lowest BCUT2D eigenvalue weighted by atomic mass is 10.00. The fourth-order valence-corrected chi connectivity index (χ4v) is 1.42. The van der Waals surface area contributed by atoms with E-state index in [1.165, 1.54) is 11.3 Å². The first-order valence-corrected chi connectivity index (χ1v) is 5.45. The zero-order valence-electron chi connectivity index (χ0n) is 8.41. The second-order valence-electron chi connectivity index (χ2n) is 3.43. The van der Waals surface area contributed by atoms with Crippen molar-refractivity contribution in [3.8, 4) is 0 Å². The van der Waals surface area contributed by atoms with E-state index >= 15 is 0 Å². The van der Waals surface area contributed by atoms with E-state index in [1.807, 2.05) is 12.3 Å². The molecule has 0 radical (unpaired) electrons. The van der Waals surface area contributed by atoms with E-state index < -0.39 is 5.54 Å². The van der Waals surface area contributed by atoms with Gasteiger partial charge < -0.3 is 11.1 Å². The molecule has 0 aromatic carbocycles. The summed E-state index contributed by atoms with van der Waals surface area (Å²) in [6.07, 6.45) is 0.621. The Hall–Kier alpha value is -0.940. The maximum atomic E-state index is 11.5. The highest BCUT2D eigenvalue weighted by atomic mass is 32.1. The average molecular weight is 213 g/mol. The molecule has 0 fully saturated rings. The summed E-state index contributed by atoms with van der Waals surface area (Å²) in [4.78, 5) is 15.6. The zero-order chi connectivity index (χ0) is 10.6. The molecule has 14 heavy (non-hydrogen) atoms. The van der Waals surface area contributed by atoms with Gasteiger partial charge in [0.25, 0.3) is 0 Å². The van der Waals surface area contributed by atoms with Gasteiger partial charge in [-0.15, -0.1) is 11.3 Å². The first-order chi connectivity index (χ1) is 6.56. The summed E-state index contributed by atoms with van der Waals surface area (Å²) in [5.74, 6) is -0.131. The number of hydrogen-bond acceptors (Lipinski definition) is 4. The van der Waals surface area contributed by atoms with Crippen molar-refractivity contribution in [2.75, 3.05) is 0 Å². The maximum Gasteiger partial charge on any atom is 0.240 e. The van der Waals surface area contributed by atoms with Crippen molar-refractivity contribution in [2.45, 2.75) is 32.4 Å². The lowest BCUT2D eigenvalue weighted by Crippen LogP contribution is -2.50. The van der Waals surface area contributed by atoms with Gasteiger partial charge >= 0.3 is 0 Å². The van der Waals surface area contributed by atoms with E-state index in [-0.39, 0.29) is 5.91 Å². The van der Waals surface area contributed by atoms with Crippen LogP contribution in [0.1, 0.15) is 26.0 Å². The summed E-state index contributed by atoms with van der Waals surface area (Å²) in [7, 11) is 0. The average Bonchev–Trinajstić information content (AvgIpc) is 2.66. The molecule has 1 atom stereocenters. The minimum atomic E-state index is -0.782. The molecule has 78 valence electrons. The minimum absolute atomic E-state index is 0.131. The predicted molar refractivity (Wildman–Crippen MR) is 56.8 cm³/mol. The van der Waals surface area contributed by atoms with Crippen LogP contribution in [-0.4, -0.2) is 16.4 Å². The molecule has 0 aliphatic heterocycles. The predicted octanol–water partition coefficient (Wildman–Crippen LogP) is 0.887. The summed E-state index contributed by atoms with van der Waals surface area (Å²) in [6.45, 7) is 4.07. The van der Waals surface area contributed by atoms with Gasteiger partial charge in [-0.25, -0.2) is 4.98 Å². The molecule has 1 rings (SSSR count). The number of nitrogens with one attached hydrogen (secondary N) is 1. The standard InChI is InChI=1S/C9H15N3OS/c1-3-9(2,10)8(13)11-4-7-5-14-6-12-7/h5-6H,3-4,10H2,1-2H3,(H,11,13). The molecule has 0 saturated heterocycles. The van der Waals surface area contributed by atoms with Gasteiger partial charge in [-0.1, -0.05) is 6.92 Å². The van der Waals surface area contributed by atoms with E-state index in [2.05, 4.69) is 10.3 Å². The second kappa shape index (κ2) is 4.52. The number of thiazole rings is 1. The smallest absolute Gasteiger partial charge is 0.240 e. The minimum Gasteiger partial charge on any atom is -0.349 e. The van der Waals surface area contributed by atoms with Crippen LogP contribution in [0.25, 0.3) is 0 Å². The topological polar surface area (TPSA) is 68.0 Å². The van der Waals surface area contributed by atoms with E-state index in [0.717, 1.165) is 5.69 Å².